The fourth-order valence-electron chi connectivity index (χ4n) is 3.62. The maximum atomic E-state index is 14.1. The highest BCUT2D eigenvalue weighted by Crippen LogP contribution is 2.42. The van der Waals surface area contributed by atoms with Gasteiger partial charge >= 0.3 is 6.09 Å². The van der Waals surface area contributed by atoms with Crippen LogP contribution in [0.25, 0.3) is 0 Å². The van der Waals surface area contributed by atoms with Crippen molar-refractivity contribution in [1.82, 2.24) is 0 Å². The summed E-state index contributed by atoms with van der Waals surface area (Å²) in [5.41, 5.74) is -1.52. The van der Waals surface area contributed by atoms with Crippen molar-refractivity contribution in [1.29, 1.82) is 0 Å². The maximum Gasteiger partial charge on any atom is 0.415 e. The predicted molar refractivity (Wildman–Crippen MR) is 108 cm³/mol. The van der Waals surface area contributed by atoms with Gasteiger partial charge in [-0.25, -0.2) is 30.8 Å². The third-order valence-corrected chi connectivity index (χ3v) is 6.66. The van der Waals surface area contributed by atoms with E-state index in [0.717, 1.165) is 13.0 Å². The second-order valence-corrected chi connectivity index (χ2v) is 9.69. The topological polar surface area (TPSA) is 83.9 Å². The molecule has 0 spiro atoms. The van der Waals surface area contributed by atoms with Crippen LogP contribution in [-0.4, -0.2) is 26.2 Å². The van der Waals surface area contributed by atoms with E-state index < -0.39 is 67.9 Å². The second kappa shape index (κ2) is 8.61. The molecule has 0 bridgehead atoms. The first-order chi connectivity index (χ1) is 14.9. The number of rotatable bonds is 6. The van der Waals surface area contributed by atoms with Crippen LogP contribution in [0.1, 0.15) is 48.6 Å². The van der Waals surface area contributed by atoms with Crippen LogP contribution in [0.2, 0.25) is 0 Å². The Morgan fingerprint density at radius 2 is 1.66 bits per heavy atom. The summed E-state index contributed by atoms with van der Waals surface area (Å²) in [5.74, 6) is -9.29. The SMILES string of the molecule is CCCN1C(=O)OC(C)c2cc(CS(=O)(=O)Cc3c(F)c(F)c(C)c(F)c3F)cc(O)c21. The number of amides is 1. The van der Waals surface area contributed by atoms with Gasteiger partial charge in [-0.15, -0.1) is 0 Å². The summed E-state index contributed by atoms with van der Waals surface area (Å²) in [7, 11) is -4.32. The molecule has 0 fully saturated rings. The van der Waals surface area contributed by atoms with Crippen LogP contribution in [0, 0.1) is 30.2 Å². The van der Waals surface area contributed by atoms with Gasteiger partial charge in [-0.1, -0.05) is 6.92 Å². The molecule has 174 valence electrons. The molecule has 1 atom stereocenters. The van der Waals surface area contributed by atoms with Gasteiger partial charge in [-0.2, -0.15) is 0 Å². The number of carbonyl (C=O) groups is 1. The van der Waals surface area contributed by atoms with E-state index >= 15 is 0 Å². The van der Waals surface area contributed by atoms with Crippen LogP contribution >= 0.6 is 0 Å². The zero-order valence-corrected chi connectivity index (χ0v) is 18.3. The number of phenolic OH excluding ortho intramolecular Hbond substituents is 1. The summed E-state index contributed by atoms with van der Waals surface area (Å²) in [6.07, 6.45) is -0.870. The smallest absolute Gasteiger partial charge is 0.415 e. The zero-order valence-electron chi connectivity index (χ0n) is 17.5. The van der Waals surface area contributed by atoms with Crippen molar-refractivity contribution in [2.24, 2.45) is 0 Å². The maximum absolute atomic E-state index is 14.1. The Morgan fingerprint density at radius 1 is 1.06 bits per heavy atom. The van der Waals surface area contributed by atoms with E-state index in [4.69, 9.17) is 4.74 Å². The van der Waals surface area contributed by atoms with Crippen LogP contribution in [0.4, 0.5) is 28.0 Å². The van der Waals surface area contributed by atoms with Gasteiger partial charge < -0.3 is 9.84 Å². The summed E-state index contributed by atoms with van der Waals surface area (Å²) in [5, 5.41) is 10.5. The number of aromatic hydroxyl groups is 1. The van der Waals surface area contributed by atoms with E-state index in [9.17, 15) is 35.9 Å². The lowest BCUT2D eigenvalue weighted by atomic mass is 10.0. The molecule has 1 aliphatic heterocycles. The van der Waals surface area contributed by atoms with E-state index in [-0.39, 0.29) is 23.5 Å². The van der Waals surface area contributed by atoms with Crippen LogP contribution < -0.4 is 4.90 Å². The molecule has 0 radical (unpaired) electrons. The molecule has 1 N–H and O–H groups in total. The van der Waals surface area contributed by atoms with Crippen molar-refractivity contribution in [3.63, 3.8) is 0 Å². The number of fused-ring (bicyclic) bond motifs is 1. The molecule has 0 aromatic heterocycles. The zero-order chi connectivity index (χ0) is 24.0. The molecule has 0 saturated carbocycles. The highest BCUT2D eigenvalue weighted by molar-refractivity contribution is 7.89. The normalized spacial score (nSPS) is 16.2. The number of phenols is 1. The summed E-state index contributed by atoms with van der Waals surface area (Å²) in [4.78, 5) is 13.4. The van der Waals surface area contributed by atoms with Crippen molar-refractivity contribution >= 4 is 21.6 Å². The molecule has 1 unspecified atom stereocenters. The van der Waals surface area contributed by atoms with E-state index in [1.807, 2.05) is 6.92 Å². The third kappa shape index (κ3) is 4.25. The van der Waals surface area contributed by atoms with Crippen molar-refractivity contribution < 1.29 is 40.6 Å². The van der Waals surface area contributed by atoms with Gasteiger partial charge in [-0.3, -0.25) is 4.90 Å². The quantitative estimate of drug-likeness (QED) is 0.479. The predicted octanol–water partition coefficient (Wildman–Crippen LogP) is 4.80. The fraction of sp³-hybridized carbons (Fsp3) is 0.381. The summed E-state index contributed by atoms with van der Waals surface area (Å²) < 4.78 is 86.3. The van der Waals surface area contributed by atoms with Gasteiger partial charge in [0.05, 0.1) is 17.2 Å². The molecule has 3 rings (SSSR count). The van der Waals surface area contributed by atoms with E-state index in [1.54, 1.807) is 6.92 Å². The summed E-state index contributed by atoms with van der Waals surface area (Å²) in [6.45, 7) is 4.45. The van der Waals surface area contributed by atoms with Gasteiger partial charge in [-0.05, 0) is 38.0 Å². The number of ether oxygens (including phenoxy) is 1. The average molecular weight is 475 g/mol. The van der Waals surface area contributed by atoms with Crippen LogP contribution in [0.5, 0.6) is 5.75 Å². The number of hydrogen-bond acceptors (Lipinski definition) is 5. The molecule has 11 heteroatoms. The highest BCUT2D eigenvalue weighted by Gasteiger charge is 2.33. The number of benzene rings is 2. The Hall–Kier alpha value is -2.82. The van der Waals surface area contributed by atoms with Gasteiger partial charge in [0, 0.05) is 23.2 Å². The number of carbonyl (C=O) groups excluding carboxylic acids is 1. The van der Waals surface area contributed by atoms with Crippen molar-refractivity contribution in [2.75, 3.05) is 11.4 Å². The minimum Gasteiger partial charge on any atom is -0.506 e. The lowest BCUT2D eigenvalue weighted by Crippen LogP contribution is -2.37. The van der Waals surface area contributed by atoms with Crippen molar-refractivity contribution in [2.45, 2.75) is 44.8 Å². The Labute approximate surface area is 182 Å². The third-order valence-electron chi connectivity index (χ3n) is 5.16. The molecule has 2 aromatic rings. The number of sulfone groups is 1. The van der Waals surface area contributed by atoms with Gasteiger partial charge in [0.1, 0.15) is 11.9 Å². The molecule has 32 heavy (non-hydrogen) atoms. The van der Waals surface area contributed by atoms with E-state index in [1.165, 1.54) is 11.0 Å². The van der Waals surface area contributed by atoms with Crippen LogP contribution in [0.15, 0.2) is 12.1 Å². The van der Waals surface area contributed by atoms with Crippen LogP contribution in [0.3, 0.4) is 0 Å². The van der Waals surface area contributed by atoms with Crippen molar-refractivity contribution in [3.8, 4) is 5.75 Å². The van der Waals surface area contributed by atoms with Crippen molar-refractivity contribution in [3.05, 3.63) is 57.7 Å². The summed E-state index contributed by atoms with van der Waals surface area (Å²) >= 11 is 0. The molecule has 1 aliphatic rings. The monoisotopic (exact) mass is 475 g/mol. The number of nitrogens with zero attached hydrogens (tertiary/aromatic N) is 1. The molecule has 0 aliphatic carbocycles. The minimum absolute atomic E-state index is 0.0522. The van der Waals surface area contributed by atoms with E-state index in [2.05, 4.69) is 0 Å². The van der Waals surface area contributed by atoms with Crippen LogP contribution in [-0.2, 0) is 26.1 Å². The van der Waals surface area contributed by atoms with Gasteiger partial charge in [0.15, 0.2) is 33.1 Å². The first-order valence-electron chi connectivity index (χ1n) is 9.73. The number of cyclic esters (lactones) is 1. The Bertz CT molecular complexity index is 1170. The standard InChI is InChI=1S/C21H21F4NO5S/c1-4-5-26-20-13(11(3)31-21(26)28)6-12(7-15(20)27)8-32(29,30)9-14-18(24)16(22)10(2)17(23)19(14)25/h6-7,11,27H,4-5,8-9H2,1-3H3. The number of anilines is 1. The summed E-state index contributed by atoms with van der Waals surface area (Å²) in [6, 6.07) is 2.52. The molecular weight excluding hydrogens is 454 g/mol. The number of hydrogen-bond donors (Lipinski definition) is 1. The lowest BCUT2D eigenvalue weighted by molar-refractivity contribution is 0.107. The number of halogens is 4. The average Bonchev–Trinajstić information content (AvgIpc) is 2.71. The first kappa shape index (κ1) is 23.8. The van der Waals surface area contributed by atoms with Gasteiger partial charge in [0.25, 0.3) is 0 Å². The second-order valence-electron chi connectivity index (χ2n) is 7.62. The first-order valence-corrected chi connectivity index (χ1v) is 11.6. The minimum atomic E-state index is -4.32. The van der Waals surface area contributed by atoms with E-state index in [0.29, 0.717) is 12.0 Å². The Morgan fingerprint density at radius 3 is 2.22 bits per heavy atom. The largest absolute Gasteiger partial charge is 0.506 e. The highest BCUT2D eigenvalue weighted by atomic mass is 32.2. The molecular formula is C21H21F4NO5S. The molecule has 2 aromatic carbocycles. The lowest BCUT2D eigenvalue weighted by Gasteiger charge is -2.33. The Kier molecular flexibility index (Phi) is 6.41. The fourth-order valence-corrected chi connectivity index (χ4v) is 5.09. The molecule has 6 nitrogen and oxygen atoms in total. The van der Waals surface area contributed by atoms with Gasteiger partial charge in [0.2, 0.25) is 0 Å². The Balaban J connectivity index is 1.97. The molecule has 0 saturated heterocycles. The molecule has 1 heterocycles. The molecule has 1 amide bonds.